The third-order valence-corrected chi connectivity index (χ3v) is 4.68. The van der Waals surface area contributed by atoms with Crippen molar-refractivity contribution in [1.82, 2.24) is 9.38 Å². The molecule has 4 aromatic rings. The molecule has 1 aliphatic rings. The number of anilines is 1. The van der Waals surface area contributed by atoms with Crippen LogP contribution in [0.2, 0.25) is 0 Å². The van der Waals surface area contributed by atoms with Gasteiger partial charge in [0, 0.05) is 23.5 Å². The molecule has 2 aromatic carbocycles. The molecule has 0 radical (unpaired) electrons. The van der Waals surface area contributed by atoms with E-state index in [1.165, 1.54) is 0 Å². The normalized spacial score (nSPS) is 12.9. The van der Waals surface area contributed by atoms with E-state index >= 15 is 0 Å². The van der Waals surface area contributed by atoms with E-state index in [1.54, 1.807) is 0 Å². The fourth-order valence-electron chi connectivity index (χ4n) is 3.38. The lowest BCUT2D eigenvalue weighted by molar-refractivity contribution is 0.171. The average molecular weight is 357 g/mol. The van der Waals surface area contributed by atoms with Crippen LogP contribution in [0.1, 0.15) is 5.69 Å². The summed E-state index contributed by atoms with van der Waals surface area (Å²) in [4.78, 5) is 4.84. The second-order valence-corrected chi connectivity index (χ2v) is 6.41. The highest BCUT2D eigenvalue weighted by Gasteiger charge is 2.15. The molecule has 5 nitrogen and oxygen atoms in total. The largest absolute Gasteiger partial charge is 0.486 e. The maximum Gasteiger partial charge on any atom is 0.163 e. The molecule has 0 bridgehead atoms. The van der Waals surface area contributed by atoms with Gasteiger partial charge in [0.25, 0.3) is 0 Å². The zero-order valence-electron chi connectivity index (χ0n) is 14.8. The Balaban J connectivity index is 1.49. The molecule has 27 heavy (non-hydrogen) atoms. The number of ether oxygens (including phenoxy) is 2. The molecular formula is C22H19N3O2. The molecule has 1 aliphatic heterocycles. The summed E-state index contributed by atoms with van der Waals surface area (Å²) in [5.74, 6) is 1.58. The van der Waals surface area contributed by atoms with E-state index in [9.17, 15) is 0 Å². The first kappa shape index (κ1) is 15.8. The summed E-state index contributed by atoms with van der Waals surface area (Å²) in [7, 11) is 0. The standard InChI is InChI=1S/C22H19N3O2/c1-2-6-16(7-3-1)22-18(25-11-5-4-8-21(25)24-22)15-23-17-9-10-19-20(14-17)27-13-12-26-19/h1-11,14,23H,12-13,15H2. The van der Waals surface area contributed by atoms with Gasteiger partial charge in [0.2, 0.25) is 0 Å². The van der Waals surface area contributed by atoms with Crippen molar-refractivity contribution >= 4 is 11.3 Å². The van der Waals surface area contributed by atoms with Crippen LogP contribution in [0.3, 0.4) is 0 Å². The number of hydrogen-bond acceptors (Lipinski definition) is 4. The molecule has 3 heterocycles. The van der Waals surface area contributed by atoms with E-state index in [1.807, 2.05) is 54.6 Å². The van der Waals surface area contributed by atoms with Gasteiger partial charge in [-0.1, -0.05) is 36.4 Å². The minimum absolute atomic E-state index is 0.585. The number of nitrogens with zero attached hydrogens (tertiary/aromatic N) is 2. The molecule has 134 valence electrons. The van der Waals surface area contributed by atoms with E-state index in [4.69, 9.17) is 14.5 Å². The SMILES string of the molecule is c1ccc(-c2nc3ccccn3c2CNc2ccc3c(c2)OCCO3)cc1. The zero-order valence-corrected chi connectivity index (χ0v) is 14.8. The fourth-order valence-corrected chi connectivity index (χ4v) is 3.38. The summed E-state index contributed by atoms with van der Waals surface area (Å²) in [6, 6.07) is 22.3. The van der Waals surface area contributed by atoms with Gasteiger partial charge in [0.1, 0.15) is 18.9 Å². The summed E-state index contributed by atoms with van der Waals surface area (Å²) >= 11 is 0. The van der Waals surface area contributed by atoms with Crippen LogP contribution in [0.15, 0.2) is 72.9 Å². The van der Waals surface area contributed by atoms with Gasteiger partial charge in [0.05, 0.1) is 17.9 Å². The highest BCUT2D eigenvalue weighted by atomic mass is 16.6. The van der Waals surface area contributed by atoms with E-state index in [0.29, 0.717) is 19.8 Å². The average Bonchev–Trinajstić information content (AvgIpc) is 3.11. The molecule has 0 saturated carbocycles. The third kappa shape index (κ3) is 2.97. The molecule has 0 fully saturated rings. The summed E-state index contributed by atoms with van der Waals surface area (Å²) in [5.41, 5.74) is 5.15. The molecule has 0 unspecified atom stereocenters. The van der Waals surface area contributed by atoms with Crippen molar-refractivity contribution < 1.29 is 9.47 Å². The Kier molecular flexibility index (Phi) is 3.90. The van der Waals surface area contributed by atoms with E-state index in [-0.39, 0.29) is 0 Å². The molecule has 0 spiro atoms. The second kappa shape index (κ2) is 6.68. The van der Waals surface area contributed by atoms with Crippen LogP contribution >= 0.6 is 0 Å². The maximum absolute atomic E-state index is 5.68. The van der Waals surface area contributed by atoms with Crippen LogP contribution in [-0.4, -0.2) is 22.6 Å². The Hall–Kier alpha value is -3.47. The minimum Gasteiger partial charge on any atom is -0.486 e. The maximum atomic E-state index is 5.68. The van der Waals surface area contributed by atoms with Crippen molar-refractivity contribution in [3.63, 3.8) is 0 Å². The lowest BCUT2D eigenvalue weighted by Gasteiger charge is -2.19. The van der Waals surface area contributed by atoms with Crippen molar-refractivity contribution in [1.29, 1.82) is 0 Å². The number of imidazole rings is 1. The van der Waals surface area contributed by atoms with Crippen LogP contribution in [0, 0.1) is 0 Å². The van der Waals surface area contributed by atoms with E-state index in [2.05, 4.69) is 28.0 Å². The van der Waals surface area contributed by atoms with Gasteiger partial charge in [-0.25, -0.2) is 4.98 Å². The van der Waals surface area contributed by atoms with Gasteiger partial charge in [-0.2, -0.15) is 0 Å². The zero-order chi connectivity index (χ0) is 18.1. The Bertz CT molecular complexity index is 1090. The highest BCUT2D eigenvalue weighted by Crippen LogP contribution is 2.33. The topological polar surface area (TPSA) is 47.8 Å². The van der Waals surface area contributed by atoms with Crippen LogP contribution in [-0.2, 0) is 6.54 Å². The molecule has 0 aliphatic carbocycles. The van der Waals surface area contributed by atoms with Gasteiger partial charge < -0.3 is 19.2 Å². The van der Waals surface area contributed by atoms with Gasteiger partial charge in [-0.3, -0.25) is 0 Å². The molecule has 2 aromatic heterocycles. The number of benzene rings is 2. The summed E-state index contributed by atoms with van der Waals surface area (Å²) in [6.45, 7) is 1.83. The smallest absolute Gasteiger partial charge is 0.163 e. The molecular weight excluding hydrogens is 338 g/mol. The predicted molar refractivity (Wildman–Crippen MR) is 105 cm³/mol. The number of hydrogen-bond donors (Lipinski definition) is 1. The van der Waals surface area contributed by atoms with Crippen molar-refractivity contribution in [2.45, 2.75) is 6.54 Å². The third-order valence-electron chi connectivity index (χ3n) is 4.68. The Morgan fingerprint density at radius 3 is 2.59 bits per heavy atom. The minimum atomic E-state index is 0.585. The Labute approximate surface area is 157 Å². The van der Waals surface area contributed by atoms with Gasteiger partial charge in [0.15, 0.2) is 11.5 Å². The van der Waals surface area contributed by atoms with Crippen molar-refractivity contribution in [2.75, 3.05) is 18.5 Å². The van der Waals surface area contributed by atoms with Crippen molar-refractivity contribution in [3.05, 3.63) is 78.6 Å². The molecule has 5 heteroatoms. The van der Waals surface area contributed by atoms with Gasteiger partial charge in [-0.15, -0.1) is 0 Å². The van der Waals surface area contributed by atoms with E-state index < -0.39 is 0 Å². The van der Waals surface area contributed by atoms with Gasteiger partial charge in [-0.05, 0) is 24.3 Å². The van der Waals surface area contributed by atoms with Crippen LogP contribution in [0.5, 0.6) is 11.5 Å². The first-order chi connectivity index (χ1) is 13.4. The Morgan fingerprint density at radius 1 is 0.889 bits per heavy atom. The first-order valence-corrected chi connectivity index (χ1v) is 9.03. The Morgan fingerprint density at radius 2 is 1.70 bits per heavy atom. The summed E-state index contributed by atoms with van der Waals surface area (Å²) < 4.78 is 13.4. The number of rotatable bonds is 4. The lowest BCUT2D eigenvalue weighted by atomic mass is 10.1. The molecule has 0 amide bonds. The summed E-state index contributed by atoms with van der Waals surface area (Å²) in [5, 5.41) is 3.50. The van der Waals surface area contributed by atoms with E-state index in [0.717, 1.165) is 39.8 Å². The van der Waals surface area contributed by atoms with Crippen LogP contribution < -0.4 is 14.8 Å². The first-order valence-electron chi connectivity index (χ1n) is 9.03. The quantitative estimate of drug-likeness (QED) is 0.589. The number of pyridine rings is 1. The second-order valence-electron chi connectivity index (χ2n) is 6.41. The van der Waals surface area contributed by atoms with Crippen molar-refractivity contribution in [3.8, 4) is 22.8 Å². The van der Waals surface area contributed by atoms with Crippen LogP contribution in [0.25, 0.3) is 16.9 Å². The van der Waals surface area contributed by atoms with Crippen LogP contribution in [0.4, 0.5) is 5.69 Å². The molecule has 0 atom stereocenters. The molecule has 0 saturated heterocycles. The fraction of sp³-hybridized carbons (Fsp3) is 0.136. The number of fused-ring (bicyclic) bond motifs is 2. The van der Waals surface area contributed by atoms with Crippen molar-refractivity contribution in [2.24, 2.45) is 0 Å². The predicted octanol–water partition coefficient (Wildman–Crippen LogP) is 4.38. The lowest BCUT2D eigenvalue weighted by Crippen LogP contribution is -2.15. The monoisotopic (exact) mass is 357 g/mol. The molecule has 1 N–H and O–H groups in total. The summed E-state index contributed by atoms with van der Waals surface area (Å²) in [6.07, 6.45) is 2.05. The highest BCUT2D eigenvalue weighted by molar-refractivity contribution is 5.67. The number of nitrogens with one attached hydrogen (secondary N) is 1. The molecule has 5 rings (SSSR count). The van der Waals surface area contributed by atoms with Gasteiger partial charge >= 0.3 is 0 Å². The number of aromatic nitrogens is 2.